The van der Waals surface area contributed by atoms with E-state index in [1.54, 1.807) is 0 Å². The van der Waals surface area contributed by atoms with Crippen LogP contribution in [-0.4, -0.2) is 27.5 Å². The summed E-state index contributed by atoms with van der Waals surface area (Å²) in [7, 11) is 0. The predicted molar refractivity (Wildman–Crippen MR) is 69.8 cm³/mol. The summed E-state index contributed by atoms with van der Waals surface area (Å²) in [5, 5.41) is 16.9. The van der Waals surface area contributed by atoms with Crippen molar-refractivity contribution in [2.24, 2.45) is 5.92 Å². The Kier molecular flexibility index (Phi) is 4.71. The molecule has 1 rings (SSSR count). The van der Waals surface area contributed by atoms with E-state index in [-0.39, 0.29) is 18.2 Å². The molecule has 0 saturated carbocycles. The third-order valence-corrected chi connectivity index (χ3v) is 2.89. The maximum absolute atomic E-state index is 9.23. The third kappa shape index (κ3) is 4.13. The van der Waals surface area contributed by atoms with E-state index in [9.17, 15) is 5.11 Å². The lowest BCUT2D eigenvalue weighted by Crippen LogP contribution is -2.36. The second kappa shape index (κ2) is 5.65. The molecule has 98 valence electrons. The molecule has 0 aliphatic carbocycles. The summed E-state index contributed by atoms with van der Waals surface area (Å²) in [5.74, 6) is 0.428. The van der Waals surface area contributed by atoms with Crippen LogP contribution in [0.4, 0.5) is 0 Å². The highest BCUT2D eigenvalue weighted by atomic mass is 16.3. The predicted octanol–water partition coefficient (Wildman–Crippen LogP) is 1.74. The van der Waals surface area contributed by atoms with Crippen LogP contribution in [0.1, 0.15) is 40.2 Å². The molecule has 0 bridgehead atoms. The van der Waals surface area contributed by atoms with Crippen molar-refractivity contribution in [3.8, 4) is 0 Å². The van der Waals surface area contributed by atoms with Crippen LogP contribution in [0.25, 0.3) is 0 Å². The molecule has 0 aliphatic rings. The Bertz CT molecular complexity index is 339. The lowest BCUT2D eigenvalue weighted by atomic mass is 10.1. The highest BCUT2D eigenvalue weighted by molar-refractivity contribution is 5.05. The van der Waals surface area contributed by atoms with Crippen molar-refractivity contribution in [1.82, 2.24) is 15.1 Å². The summed E-state index contributed by atoms with van der Waals surface area (Å²) in [6.45, 7) is 11.5. The van der Waals surface area contributed by atoms with Gasteiger partial charge in [-0.1, -0.05) is 13.8 Å². The zero-order chi connectivity index (χ0) is 13.1. The fourth-order valence-electron chi connectivity index (χ4n) is 1.58. The molecule has 0 radical (unpaired) electrons. The molecular weight excluding hydrogens is 214 g/mol. The Morgan fingerprint density at radius 2 is 2.06 bits per heavy atom. The minimum Gasteiger partial charge on any atom is -0.395 e. The number of hydrogen-bond donors (Lipinski definition) is 2. The molecule has 1 heterocycles. The summed E-state index contributed by atoms with van der Waals surface area (Å²) in [6.07, 6.45) is 3.94. The smallest absolute Gasteiger partial charge is 0.0587 e. The quantitative estimate of drug-likeness (QED) is 0.823. The van der Waals surface area contributed by atoms with Crippen molar-refractivity contribution in [2.75, 3.05) is 6.61 Å². The SMILES string of the molecule is CC(C)C(CO)NCc1cnn(C(C)(C)C)c1. The molecule has 0 aromatic carbocycles. The van der Waals surface area contributed by atoms with Gasteiger partial charge in [0.1, 0.15) is 0 Å². The fraction of sp³-hybridized carbons (Fsp3) is 0.769. The number of aliphatic hydroxyl groups is 1. The van der Waals surface area contributed by atoms with Gasteiger partial charge in [0.2, 0.25) is 0 Å². The maximum Gasteiger partial charge on any atom is 0.0587 e. The third-order valence-electron chi connectivity index (χ3n) is 2.89. The van der Waals surface area contributed by atoms with Crippen molar-refractivity contribution in [3.63, 3.8) is 0 Å². The number of nitrogens with zero attached hydrogens (tertiary/aromatic N) is 2. The van der Waals surface area contributed by atoms with E-state index >= 15 is 0 Å². The average Bonchev–Trinajstić information content (AvgIpc) is 2.66. The van der Waals surface area contributed by atoms with Gasteiger partial charge in [-0.15, -0.1) is 0 Å². The molecule has 0 fully saturated rings. The number of hydrogen-bond acceptors (Lipinski definition) is 3. The minimum atomic E-state index is 0.0205. The lowest BCUT2D eigenvalue weighted by molar-refractivity contribution is 0.210. The highest BCUT2D eigenvalue weighted by Gasteiger charge is 2.15. The van der Waals surface area contributed by atoms with Crippen LogP contribution in [-0.2, 0) is 12.1 Å². The standard InChI is InChI=1S/C13H25N3O/c1-10(2)12(9-17)14-6-11-7-15-16(8-11)13(3,4)5/h7-8,10,12,14,17H,6,9H2,1-5H3. The molecule has 0 amide bonds. The summed E-state index contributed by atoms with van der Waals surface area (Å²) >= 11 is 0. The first-order valence-corrected chi connectivity index (χ1v) is 6.23. The van der Waals surface area contributed by atoms with Crippen LogP contribution in [0.2, 0.25) is 0 Å². The Morgan fingerprint density at radius 1 is 1.41 bits per heavy atom. The maximum atomic E-state index is 9.23. The molecule has 4 nitrogen and oxygen atoms in total. The Balaban J connectivity index is 2.56. The fourth-order valence-corrected chi connectivity index (χ4v) is 1.58. The van der Waals surface area contributed by atoms with Gasteiger partial charge in [0, 0.05) is 24.3 Å². The monoisotopic (exact) mass is 239 g/mol. The van der Waals surface area contributed by atoms with Gasteiger partial charge in [0.15, 0.2) is 0 Å². The van der Waals surface area contributed by atoms with E-state index in [1.807, 2.05) is 10.9 Å². The van der Waals surface area contributed by atoms with Crippen molar-refractivity contribution in [3.05, 3.63) is 18.0 Å². The molecular formula is C13H25N3O. The number of nitrogens with one attached hydrogen (secondary N) is 1. The first-order chi connectivity index (χ1) is 7.84. The summed E-state index contributed by atoms with van der Waals surface area (Å²) in [6, 6.07) is 0.146. The number of rotatable bonds is 5. The van der Waals surface area contributed by atoms with Gasteiger partial charge in [-0.05, 0) is 26.7 Å². The van der Waals surface area contributed by atoms with Crippen molar-refractivity contribution >= 4 is 0 Å². The molecule has 1 atom stereocenters. The van der Waals surface area contributed by atoms with Crippen LogP contribution in [0.3, 0.4) is 0 Å². The van der Waals surface area contributed by atoms with Crippen molar-refractivity contribution in [1.29, 1.82) is 0 Å². The Labute approximate surface area is 104 Å². The van der Waals surface area contributed by atoms with Gasteiger partial charge >= 0.3 is 0 Å². The Morgan fingerprint density at radius 3 is 2.47 bits per heavy atom. The first kappa shape index (κ1) is 14.2. The minimum absolute atomic E-state index is 0.0205. The highest BCUT2D eigenvalue weighted by Crippen LogP contribution is 2.13. The van der Waals surface area contributed by atoms with Crippen LogP contribution in [0.5, 0.6) is 0 Å². The van der Waals surface area contributed by atoms with Crippen LogP contribution >= 0.6 is 0 Å². The van der Waals surface area contributed by atoms with Crippen LogP contribution in [0.15, 0.2) is 12.4 Å². The topological polar surface area (TPSA) is 50.1 Å². The van der Waals surface area contributed by atoms with Gasteiger partial charge in [0.25, 0.3) is 0 Å². The molecule has 2 N–H and O–H groups in total. The first-order valence-electron chi connectivity index (χ1n) is 6.23. The van der Waals surface area contributed by atoms with Gasteiger partial charge in [0.05, 0.1) is 18.3 Å². The molecule has 1 unspecified atom stereocenters. The molecule has 17 heavy (non-hydrogen) atoms. The Hall–Kier alpha value is -0.870. The number of aromatic nitrogens is 2. The van der Waals surface area contributed by atoms with Crippen LogP contribution < -0.4 is 5.32 Å². The summed E-state index contributed by atoms with van der Waals surface area (Å²) in [4.78, 5) is 0. The van der Waals surface area contributed by atoms with Gasteiger partial charge in [-0.25, -0.2) is 0 Å². The van der Waals surface area contributed by atoms with E-state index in [1.165, 1.54) is 0 Å². The van der Waals surface area contributed by atoms with E-state index in [4.69, 9.17) is 0 Å². The lowest BCUT2D eigenvalue weighted by Gasteiger charge is -2.20. The van der Waals surface area contributed by atoms with E-state index in [0.717, 1.165) is 12.1 Å². The molecule has 4 heteroatoms. The molecule has 1 aromatic heterocycles. The van der Waals surface area contributed by atoms with Crippen molar-refractivity contribution < 1.29 is 5.11 Å². The normalized spacial score (nSPS) is 14.3. The zero-order valence-corrected chi connectivity index (χ0v) is 11.6. The second-order valence-corrected chi connectivity index (χ2v) is 5.88. The largest absolute Gasteiger partial charge is 0.395 e. The molecule has 0 spiro atoms. The molecule has 0 saturated heterocycles. The summed E-state index contributed by atoms with van der Waals surface area (Å²) in [5.41, 5.74) is 1.17. The second-order valence-electron chi connectivity index (χ2n) is 5.88. The summed E-state index contributed by atoms with van der Waals surface area (Å²) < 4.78 is 1.97. The van der Waals surface area contributed by atoms with E-state index < -0.39 is 0 Å². The van der Waals surface area contributed by atoms with Crippen molar-refractivity contribution in [2.45, 2.75) is 52.7 Å². The van der Waals surface area contributed by atoms with E-state index in [2.05, 4.69) is 51.2 Å². The zero-order valence-electron chi connectivity index (χ0n) is 11.6. The van der Waals surface area contributed by atoms with Gasteiger partial charge in [-0.2, -0.15) is 5.10 Å². The van der Waals surface area contributed by atoms with Crippen LogP contribution in [0, 0.1) is 5.92 Å². The van der Waals surface area contributed by atoms with E-state index in [0.29, 0.717) is 5.92 Å². The molecule has 1 aromatic rings. The van der Waals surface area contributed by atoms with Gasteiger partial charge < -0.3 is 10.4 Å². The average molecular weight is 239 g/mol. The van der Waals surface area contributed by atoms with Gasteiger partial charge in [-0.3, -0.25) is 4.68 Å². The number of aliphatic hydroxyl groups excluding tert-OH is 1. The molecule has 0 aliphatic heterocycles.